The number of hydrogen-bond donors (Lipinski definition) is 1. The van der Waals surface area contributed by atoms with Crippen LogP contribution in [-0.2, 0) is 9.53 Å². The van der Waals surface area contributed by atoms with Crippen LogP contribution in [0.4, 0.5) is 4.79 Å². The Morgan fingerprint density at radius 2 is 1.80 bits per heavy atom. The maximum absolute atomic E-state index is 13.4. The molecule has 2 aliphatic rings. The molecule has 2 fully saturated rings. The number of benzene rings is 1. The number of piperidine rings is 1. The van der Waals surface area contributed by atoms with Crippen molar-refractivity contribution >= 4 is 11.9 Å². The highest BCUT2D eigenvalue weighted by atomic mass is 16.5. The van der Waals surface area contributed by atoms with Crippen LogP contribution in [0.1, 0.15) is 43.0 Å². The van der Waals surface area contributed by atoms with Crippen molar-refractivity contribution in [2.45, 2.75) is 37.8 Å². The normalized spacial score (nSPS) is 20.5. The Labute approximate surface area is 208 Å². The van der Waals surface area contributed by atoms with Crippen molar-refractivity contribution in [2.75, 3.05) is 46.4 Å². The number of aromatic nitrogens is 1. The molecule has 0 saturated carbocycles. The maximum Gasteiger partial charge on any atom is 0.314 e. The number of likely N-dealkylation sites (tertiary alicyclic amines) is 1. The highest BCUT2D eigenvalue weighted by Crippen LogP contribution is 2.31. The quantitative estimate of drug-likeness (QED) is 0.629. The van der Waals surface area contributed by atoms with Crippen LogP contribution in [0.25, 0.3) is 0 Å². The van der Waals surface area contributed by atoms with E-state index in [1.54, 1.807) is 12.0 Å². The topological polar surface area (TPSA) is 92.0 Å². The van der Waals surface area contributed by atoms with Crippen LogP contribution in [0.15, 0.2) is 54.7 Å². The van der Waals surface area contributed by atoms with E-state index < -0.39 is 0 Å². The van der Waals surface area contributed by atoms with E-state index in [0.29, 0.717) is 38.6 Å². The highest BCUT2D eigenvalue weighted by Gasteiger charge is 2.35. The lowest BCUT2D eigenvalue weighted by Gasteiger charge is -2.45. The van der Waals surface area contributed by atoms with Gasteiger partial charge in [-0.2, -0.15) is 0 Å². The molecule has 0 radical (unpaired) electrons. The average Bonchev–Trinajstić information content (AvgIpc) is 2.89. The summed E-state index contributed by atoms with van der Waals surface area (Å²) >= 11 is 0. The number of amides is 3. The van der Waals surface area contributed by atoms with E-state index >= 15 is 0 Å². The number of carbonyl (C=O) groups is 2. The van der Waals surface area contributed by atoms with Crippen LogP contribution < -0.4 is 5.73 Å². The van der Waals surface area contributed by atoms with E-state index in [1.165, 1.54) is 5.56 Å². The summed E-state index contributed by atoms with van der Waals surface area (Å²) in [6, 6.07) is 16.3. The molecule has 0 unspecified atom stereocenters. The van der Waals surface area contributed by atoms with Crippen molar-refractivity contribution in [1.29, 1.82) is 0 Å². The second-order valence-electron chi connectivity index (χ2n) is 9.56. The van der Waals surface area contributed by atoms with Crippen LogP contribution in [0.5, 0.6) is 0 Å². The first-order valence-corrected chi connectivity index (χ1v) is 12.6. The summed E-state index contributed by atoms with van der Waals surface area (Å²) in [5.74, 6) is 0.502. The zero-order chi connectivity index (χ0) is 24.6. The van der Waals surface area contributed by atoms with Crippen molar-refractivity contribution in [1.82, 2.24) is 19.7 Å². The summed E-state index contributed by atoms with van der Waals surface area (Å²) in [5.41, 5.74) is 7.63. The predicted octanol–water partition coefficient (Wildman–Crippen LogP) is 2.90. The van der Waals surface area contributed by atoms with Gasteiger partial charge in [0.25, 0.3) is 0 Å². The average molecular weight is 480 g/mol. The zero-order valence-electron chi connectivity index (χ0n) is 20.6. The first kappa shape index (κ1) is 25.1. The van der Waals surface area contributed by atoms with Crippen molar-refractivity contribution < 1.29 is 14.3 Å². The number of urea groups is 1. The van der Waals surface area contributed by atoms with Gasteiger partial charge in [-0.1, -0.05) is 36.4 Å². The van der Waals surface area contributed by atoms with Crippen molar-refractivity contribution in [3.8, 4) is 0 Å². The molecular weight excluding hydrogens is 442 g/mol. The van der Waals surface area contributed by atoms with Gasteiger partial charge in [-0.05, 0) is 42.9 Å². The largest absolute Gasteiger partial charge is 0.385 e. The standard InChI is InChI=1S/C27H37N5O3/c1-35-18-12-23-20-31(26(22-7-3-2-4-8-22)24-9-5-6-13-29-24)16-17-32(23)25(33)19-21-10-14-30(15-11-21)27(28)34/h2-9,13,21,23,26H,10-12,14-20H2,1H3,(H2,28,34)/t23-,26+/m0/s1. The van der Waals surface area contributed by atoms with Gasteiger partial charge in [0, 0.05) is 65.1 Å². The molecule has 0 spiro atoms. The number of nitrogens with two attached hydrogens (primary N) is 1. The number of ether oxygens (including phenoxy) is 1. The summed E-state index contributed by atoms with van der Waals surface area (Å²) in [6.07, 6.45) is 4.82. The van der Waals surface area contributed by atoms with Crippen LogP contribution in [0, 0.1) is 5.92 Å². The maximum atomic E-state index is 13.4. The van der Waals surface area contributed by atoms with Crippen molar-refractivity contribution in [3.05, 3.63) is 66.0 Å². The third kappa shape index (κ3) is 6.38. The fourth-order valence-electron chi connectivity index (χ4n) is 5.41. The van der Waals surface area contributed by atoms with Gasteiger partial charge in [0.2, 0.25) is 5.91 Å². The fourth-order valence-corrected chi connectivity index (χ4v) is 5.41. The molecule has 2 aromatic rings. The molecule has 0 aliphatic carbocycles. The Morgan fingerprint density at radius 1 is 1.06 bits per heavy atom. The number of primary amides is 1. The predicted molar refractivity (Wildman–Crippen MR) is 135 cm³/mol. The number of methoxy groups -OCH3 is 1. The molecule has 188 valence electrons. The Balaban J connectivity index is 1.47. The SMILES string of the molecule is COCC[C@H]1CN([C@H](c2ccccc2)c2ccccn2)CCN1C(=O)CC1CCN(C(N)=O)CC1. The minimum Gasteiger partial charge on any atom is -0.385 e. The van der Waals surface area contributed by atoms with E-state index in [9.17, 15) is 9.59 Å². The lowest BCUT2D eigenvalue weighted by molar-refractivity contribution is -0.138. The summed E-state index contributed by atoms with van der Waals surface area (Å²) in [6.45, 7) is 4.12. The van der Waals surface area contributed by atoms with Crippen molar-refractivity contribution in [2.24, 2.45) is 11.7 Å². The molecule has 3 heterocycles. The number of piperazine rings is 1. The number of hydrogen-bond acceptors (Lipinski definition) is 5. The minimum atomic E-state index is -0.369. The number of nitrogens with zero attached hydrogens (tertiary/aromatic N) is 4. The number of pyridine rings is 1. The Kier molecular flexibility index (Phi) is 8.71. The molecule has 2 aliphatic heterocycles. The van der Waals surface area contributed by atoms with E-state index in [4.69, 9.17) is 10.5 Å². The minimum absolute atomic E-state index is 0.0397. The summed E-state index contributed by atoms with van der Waals surface area (Å²) in [5, 5.41) is 0. The Bertz CT molecular complexity index is 910. The molecular formula is C27H37N5O3. The van der Waals surface area contributed by atoms with Crippen LogP contribution in [0.3, 0.4) is 0 Å². The van der Waals surface area contributed by atoms with Gasteiger partial charge >= 0.3 is 6.03 Å². The highest BCUT2D eigenvalue weighted by molar-refractivity contribution is 5.77. The van der Waals surface area contributed by atoms with E-state index in [-0.39, 0.29) is 24.0 Å². The number of carbonyl (C=O) groups excluding carboxylic acids is 2. The number of rotatable bonds is 8. The fraction of sp³-hybridized carbons (Fsp3) is 0.519. The molecule has 2 atom stereocenters. The summed E-state index contributed by atoms with van der Waals surface area (Å²) < 4.78 is 5.40. The molecule has 4 rings (SSSR count). The molecule has 8 nitrogen and oxygen atoms in total. The Morgan fingerprint density at radius 3 is 2.46 bits per heavy atom. The molecule has 1 aromatic carbocycles. The molecule has 2 saturated heterocycles. The lowest BCUT2D eigenvalue weighted by atomic mass is 9.92. The first-order chi connectivity index (χ1) is 17.1. The Hall–Kier alpha value is -2.97. The lowest BCUT2D eigenvalue weighted by Crippen LogP contribution is -2.56. The zero-order valence-corrected chi connectivity index (χ0v) is 20.6. The molecule has 8 heteroatoms. The van der Waals surface area contributed by atoms with Gasteiger partial charge in [-0.25, -0.2) is 4.79 Å². The van der Waals surface area contributed by atoms with Gasteiger partial charge in [0.1, 0.15) is 0 Å². The summed E-state index contributed by atoms with van der Waals surface area (Å²) in [4.78, 5) is 35.7. The van der Waals surface area contributed by atoms with Crippen LogP contribution in [-0.4, -0.2) is 84.1 Å². The second-order valence-corrected chi connectivity index (χ2v) is 9.56. The van der Waals surface area contributed by atoms with Gasteiger partial charge < -0.3 is 20.3 Å². The monoisotopic (exact) mass is 479 g/mol. The second kappa shape index (κ2) is 12.1. The molecule has 35 heavy (non-hydrogen) atoms. The van der Waals surface area contributed by atoms with E-state index in [0.717, 1.165) is 38.0 Å². The van der Waals surface area contributed by atoms with Gasteiger partial charge in [0.15, 0.2) is 0 Å². The molecule has 0 bridgehead atoms. The first-order valence-electron chi connectivity index (χ1n) is 12.6. The molecule has 3 amide bonds. The van der Waals surface area contributed by atoms with Gasteiger partial charge in [-0.3, -0.25) is 14.7 Å². The third-order valence-electron chi connectivity index (χ3n) is 7.33. The third-order valence-corrected chi connectivity index (χ3v) is 7.33. The summed E-state index contributed by atoms with van der Waals surface area (Å²) in [7, 11) is 1.71. The van der Waals surface area contributed by atoms with Crippen LogP contribution >= 0.6 is 0 Å². The van der Waals surface area contributed by atoms with Gasteiger partial charge in [-0.15, -0.1) is 0 Å². The smallest absolute Gasteiger partial charge is 0.314 e. The van der Waals surface area contributed by atoms with Crippen molar-refractivity contribution in [3.63, 3.8) is 0 Å². The molecule has 2 N–H and O–H groups in total. The molecule has 1 aromatic heterocycles. The van der Waals surface area contributed by atoms with Crippen LogP contribution in [0.2, 0.25) is 0 Å². The van der Waals surface area contributed by atoms with E-state index in [2.05, 4.69) is 45.1 Å². The van der Waals surface area contributed by atoms with E-state index in [1.807, 2.05) is 24.4 Å². The van der Waals surface area contributed by atoms with Gasteiger partial charge in [0.05, 0.1) is 11.7 Å².